The Kier molecular flexibility index (Phi) is 6.72. The molecule has 2 aromatic carbocycles. The molecule has 0 aliphatic carbocycles. The fourth-order valence-corrected chi connectivity index (χ4v) is 3.91. The monoisotopic (exact) mass is 368 g/mol. The molecule has 2 amide bonds. The summed E-state index contributed by atoms with van der Waals surface area (Å²) in [7, 11) is 0. The molecule has 4 nitrogen and oxygen atoms in total. The summed E-state index contributed by atoms with van der Waals surface area (Å²) >= 11 is 1.66. The molecule has 0 radical (unpaired) electrons. The molecule has 26 heavy (non-hydrogen) atoms. The van der Waals surface area contributed by atoms with E-state index in [4.69, 9.17) is 0 Å². The van der Waals surface area contributed by atoms with Gasteiger partial charge in [0, 0.05) is 30.2 Å². The van der Waals surface area contributed by atoms with Crippen molar-refractivity contribution in [2.75, 3.05) is 24.2 Å². The van der Waals surface area contributed by atoms with E-state index in [-0.39, 0.29) is 11.8 Å². The first-order valence-corrected chi connectivity index (χ1v) is 10.1. The maximum atomic E-state index is 12.8. The molecule has 1 N–H and O–H groups in total. The van der Waals surface area contributed by atoms with Crippen LogP contribution >= 0.6 is 11.8 Å². The molecule has 0 spiro atoms. The Hall–Kier alpha value is -2.27. The van der Waals surface area contributed by atoms with Crippen molar-refractivity contribution in [2.24, 2.45) is 0 Å². The number of hydrogen-bond acceptors (Lipinski definition) is 3. The van der Waals surface area contributed by atoms with Crippen LogP contribution in [-0.2, 0) is 4.79 Å². The van der Waals surface area contributed by atoms with Gasteiger partial charge in [-0.2, -0.15) is 0 Å². The smallest absolute Gasteiger partial charge is 0.255 e. The van der Waals surface area contributed by atoms with Gasteiger partial charge in [0.2, 0.25) is 5.91 Å². The van der Waals surface area contributed by atoms with Crippen LogP contribution in [0.25, 0.3) is 0 Å². The molecule has 0 atom stereocenters. The second-order valence-corrected chi connectivity index (χ2v) is 7.53. The molecule has 1 aliphatic rings. The largest absolute Gasteiger partial charge is 0.339 e. The number of piperidine rings is 1. The zero-order valence-corrected chi connectivity index (χ0v) is 15.6. The van der Waals surface area contributed by atoms with Gasteiger partial charge in [-0.25, -0.2) is 0 Å². The Bertz CT molecular complexity index is 743. The summed E-state index contributed by atoms with van der Waals surface area (Å²) in [5.41, 5.74) is 1.19. The summed E-state index contributed by atoms with van der Waals surface area (Å²) in [5.74, 6) is 0.657. The molecule has 0 unspecified atom stereocenters. The number of rotatable bonds is 6. The number of benzene rings is 2. The zero-order chi connectivity index (χ0) is 18.2. The quantitative estimate of drug-likeness (QED) is 0.767. The minimum atomic E-state index is -0.0627. The number of likely N-dealkylation sites (tertiary alicyclic amines) is 1. The zero-order valence-electron chi connectivity index (χ0n) is 14.8. The summed E-state index contributed by atoms with van der Waals surface area (Å²) in [4.78, 5) is 28.1. The van der Waals surface area contributed by atoms with Gasteiger partial charge in [0.25, 0.3) is 5.91 Å². The third-order valence-corrected chi connectivity index (χ3v) is 5.43. The van der Waals surface area contributed by atoms with Crippen LogP contribution in [-0.4, -0.2) is 35.6 Å². The second kappa shape index (κ2) is 9.43. The Labute approximate surface area is 159 Å². The Morgan fingerprint density at radius 1 is 0.923 bits per heavy atom. The summed E-state index contributed by atoms with van der Waals surface area (Å²) in [6, 6.07) is 17.3. The van der Waals surface area contributed by atoms with Crippen molar-refractivity contribution in [1.82, 2.24) is 4.90 Å². The van der Waals surface area contributed by atoms with Gasteiger partial charge < -0.3 is 10.2 Å². The van der Waals surface area contributed by atoms with E-state index in [1.165, 1.54) is 6.42 Å². The van der Waals surface area contributed by atoms with Gasteiger partial charge in [-0.15, -0.1) is 11.8 Å². The predicted molar refractivity (Wildman–Crippen MR) is 107 cm³/mol. The minimum absolute atomic E-state index is 0.0132. The Morgan fingerprint density at radius 3 is 2.38 bits per heavy atom. The van der Waals surface area contributed by atoms with Crippen molar-refractivity contribution < 1.29 is 9.59 Å². The SMILES string of the molecule is O=C(CCSc1ccccc1)Nc1ccccc1C(=O)N1CCCCC1. The van der Waals surface area contributed by atoms with E-state index in [2.05, 4.69) is 5.32 Å². The summed E-state index contributed by atoms with van der Waals surface area (Å²) in [5, 5.41) is 2.92. The van der Waals surface area contributed by atoms with E-state index in [1.807, 2.05) is 47.4 Å². The maximum Gasteiger partial charge on any atom is 0.255 e. The Balaban J connectivity index is 1.57. The standard InChI is InChI=1S/C21H24N2O2S/c24-20(13-16-26-17-9-3-1-4-10-17)22-19-12-6-5-11-18(19)21(25)23-14-7-2-8-15-23/h1,3-6,9-12H,2,7-8,13-16H2,(H,22,24). The van der Waals surface area contributed by atoms with Crippen LogP contribution in [0.4, 0.5) is 5.69 Å². The fraction of sp³-hybridized carbons (Fsp3) is 0.333. The maximum absolute atomic E-state index is 12.8. The van der Waals surface area contributed by atoms with E-state index in [1.54, 1.807) is 23.9 Å². The van der Waals surface area contributed by atoms with Crippen LogP contribution in [0.2, 0.25) is 0 Å². The van der Waals surface area contributed by atoms with E-state index in [9.17, 15) is 9.59 Å². The fourth-order valence-electron chi connectivity index (χ4n) is 3.04. The van der Waals surface area contributed by atoms with Crippen molar-refractivity contribution in [1.29, 1.82) is 0 Å². The van der Waals surface area contributed by atoms with Crippen molar-refractivity contribution in [2.45, 2.75) is 30.6 Å². The third kappa shape index (κ3) is 5.11. The molecular formula is C21H24N2O2S. The predicted octanol–water partition coefficient (Wildman–Crippen LogP) is 4.43. The number of nitrogens with one attached hydrogen (secondary N) is 1. The third-order valence-electron chi connectivity index (χ3n) is 4.42. The van der Waals surface area contributed by atoms with Gasteiger partial charge in [0.1, 0.15) is 0 Å². The first-order chi connectivity index (χ1) is 12.7. The lowest BCUT2D eigenvalue weighted by Gasteiger charge is -2.27. The molecule has 1 heterocycles. The number of para-hydroxylation sites is 1. The number of thioether (sulfide) groups is 1. The highest BCUT2D eigenvalue weighted by molar-refractivity contribution is 7.99. The van der Waals surface area contributed by atoms with Crippen LogP contribution in [0.3, 0.4) is 0 Å². The highest BCUT2D eigenvalue weighted by atomic mass is 32.2. The molecule has 1 fully saturated rings. The topological polar surface area (TPSA) is 49.4 Å². The van der Waals surface area contributed by atoms with Gasteiger partial charge in [0.05, 0.1) is 11.3 Å². The second-order valence-electron chi connectivity index (χ2n) is 6.36. The lowest BCUT2D eigenvalue weighted by molar-refractivity contribution is -0.115. The summed E-state index contributed by atoms with van der Waals surface area (Å²) in [6.07, 6.45) is 3.70. The highest BCUT2D eigenvalue weighted by Gasteiger charge is 2.21. The van der Waals surface area contributed by atoms with Gasteiger partial charge >= 0.3 is 0 Å². The van der Waals surface area contributed by atoms with Crippen molar-refractivity contribution in [3.8, 4) is 0 Å². The van der Waals surface area contributed by atoms with Crippen LogP contribution in [0.5, 0.6) is 0 Å². The van der Waals surface area contributed by atoms with Gasteiger partial charge in [-0.3, -0.25) is 9.59 Å². The molecule has 0 saturated carbocycles. The summed E-state index contributed by atoms with van der Waals surface area (Å²) in [6.45, 7) is 1.60. The molecule has 3 rings (SSSR count). The average molecular weight is 369 g/mol. The number of carbonyl (C=O) groups excluding carboxylic acids is 2. The number of anilines is 1. The first-order valence-electron chi connectivity index (χ1n) is 9.10. The number of carbonyl (C=O) groups is 2. The van der Waals surface area contributed by atoms with Gasteiger partial charge in [-0.05, 0) is 43.5 Å². The first kappa shape index (κ1) is 18.5. The lowest BCUT2D eigenvalue weighted by Crippen LogP contribution is -2.36. The molecule has 136 valence electrons. The van der Waals surface area contributed by atoms with Gasteiger partial charge in [0.15, 0.2) is 0 Å². The van der Waals surface area contributed by atoms with Gasteiger partial charge in [-0.1, -0.05) is 30.3 Å². The molecular weight excluding hydrogens is 344 g/mol. The van der Waals surface area contributed by atoms with E-state index in [0.717, 1.165) is 30.8 Å². The van der Waals surface area contributed by atoms with Crippen LogP contribution < -0.4 is 5.32 Å². The molecule has 1 aliphatic heterocycles. The highest BCUT2D eigenvalue weighted by Crippen LogP contribution is 2.21. The number of hydrogen-bond donors (Lipinski definition) is 1. The van der Waals surface area contributed by atoms with Crippen molar-refractivity contribution >= 4 is 29.3 Å². The molecule has 1 saturated heterocycles. The van der Waals surface area contributed by atoms with Crippen LogP contribution in [0.15, 0.2) is 59.5 Å². The molecule has 0 bridgehead atoms. The van der Waals surface area contributed by atoms with E-state index >= 15 is 0 Å². The number of nitrogens with zero attached hydrogens (tertiary/aromatic N) is 1. The van der Waals surface area contributed by atoms with Crippen LogP contribution in [0, 0.1) is 0 Å². The minimum Gasteiger partial charge on any atom is -0.339 e. The Morgan fingerprint density at radius 2 is 1.62 bits per heavy atom. The molecule has 2 aromatic rings. The van der Waals surface area contributed by atoms with E-state index < -0.39 is 0 Å². The normalized spacial score (nSPS) is 14.1. The average Bonchev–Trinajstić information content (AvgIpc) is 2.69. The number of amides is 2. The summed E-state index contributed by atoms with van der Waals surface area (Å²) < 4.78 is 0. The molecule has 0 aromatic heterocycles. The van der Waals surface area contributed by atoms with E-state index in [0.29, 0.717) is 23.4 Å². The van der Waals surface area contributed by atoms with Crippen molar-refractivity contribution in [3.63, 3.8) is 0 Å². The van der Waals surface area contributed by atoms with Crippen LogP contribution in [0.1, 0.15) is 36.0 Å². The van der Waals surface area contributed by atoms with Crippen molar-refractivity contribution in [3.05, 3.63) is 60.2 Å². The molecule has 5 heteroatoms. The lowest BCUT2D eigenvalue weighted by atomic mass is 10.1.